The highest BCUT2D eigenvalue weighted by molar-refractivity contribution is 7.34. The Balaban J connectivity index is 1.85. The molecule has 0 saturated carbocycles. The van der Waals surface area contributed by atoms with Crippen molar-refractivity contribution in [1.82, 2.24) is 0 Å². The van der Waals surface area contributed by atoms with Crippen molar-refractivity contribution < 1.29 is 9.31 Å². The van der Waals surface area contributed by atoms with Crippen LogP contribution in [-0.2, 0) is 15.7 Å². The number of fused-ring (bicyclic) bond motifs is 3. The maximum absolute atomic E-state index is 10.1. The van der Waals surface area contributed by atoms with Crippen LogP contribution in [-0.4, -0.2) is 26.2 Å². The number of hydrogen-bond acceptors (Lipinski definition) is 5. The van der Waals surface area contributed by atoms with E-state index in [1.165, 1.54) is 44.4 Å². The normalized spacial score (nSPS) is 17.8. The van der Waals surface area contributed by atoms with E-state index < -0.39 is 0 Å². The van der Waals surface area contributed by atoms with Gasteiger partial charge < -0.3 is 9.31 Å². The van der Waals surface area contributed by atoms with E-state index in [0.29, 0.717) is 0 Å². The second-order valence-corrected chi connectivity index (χ2v) is 11.7. The third-order valence-electron chi connectivity index (χ3n) is 6.59. The van der Waals surface area contributed by atoms with Gasteiger partial charge in [-0.25, -0.2) is 0 Å². The first-order chi connectivity index (χ1) is 14.2. The Bertz CT molecular complexity index is 1120. The van der Waals surface area contributed by atoms with E-state index in [0.717, 1.165) is 28.6 Å². The molecule has 30 heavy (non-hydrogen) atoms. The van der Waals surface area contributed by atoms with E-state index in [-0.39, 0.29) is 18.3 Å². The Labute approximate surface area is 188 Å². The highest BCUT2D eigenvalue weighted by Crippen LogP contribution is 2.41. The van der Waals surface area contributed by atoms with Gasteiger partial charge in [-0.3, -0.25) is 0 Å². The number of rotatable bonds is 6. The quantitative estimate of drug-likeness (QED) is 0.416. The molecule has 3 aromatic rings. The smallest absolute Gasteiger partial charge is 0.399 e. The standard InChI is InChI=1S/C23H29B2NO2S2/c1-6-7-8-9-10-14-16-12-19(25-27-22(2,3)23(4,5)28-25)30-21(16)20-15(17(14)13-26)11-18(24)29-20/h11-12H,6-10,24H2,1-5H3. The van der Waals surface area contributed by atoms with Crippen molar-refractivity contribution in [3.63, 3.8) is 0 Å². The molecule has 0 aliphatic carbocycles. The lowest BCUT2D eigenvalue weighted by Crippen LogP contribution is -2.41. The van der Waals surface area contributed by atoms with E-state index in [4.69, 9.17) is 9.31 Å². The van der Waals surface area contributed by atoms with Crippen LogP contribution in [0.3, 0.4) is 0 Å². The summed E-state index contributed by atoms with van der Waals surface area (Å²) < 4.78 is 17.5. The molecule has 2 aromatic heterocycles. The lowest BCUT2D eigenvalue weighted by atomic mass is 9.86. The molecule has 3 heterocycles. The van der Waals surface area contributed by atoms with Gasteiger partial charge in [-0.2, -0.15) is 5.26 Å². The van der Waals surface area contributed by atoms with Gasteiger partial charge in [0.2, 0.25) is 0 Å². The fourth-order valence-electron chi connectivity index (χ4n) is 4.16. The highest BCUT2D eigenvalue weighted by atomic mass is 32.1. The van der Waals surface area contributed by atoms with E-state index in [9.17, 15) is 5.26 Å². The predicted molar refractivity (Wildman–Crippen MR) is 134 cm³/mol. The Hall–Kier alpha value is -1.32. The van der Waals surface area contributed by atoms with Gasteiger partial charge in [0, 0.05) is 10.2 Å². The summed E-state index contributed by atoms with van der Waals surface area (Å²) >= 11 is 3.55. The summed E-state index contributed by atoms with van der Waals surface area (Å²) in [4.78, 5) is 0. The van der Waals surface area contributed by atoms with Crippen molar-refractivity contribution in [2.45, 2.75) is 77.9 Å². The van der Waals surface area contributed by atoms with Crippen LogP contribution in [0.1, 0.15) is 71.4 Å². The Kier molecular flexibility index (Phi) is 5.83. The maximum atomic E-state index is 10.1. The second kappa shape index (κ2) is 7.98. The summed E-state index contributed by atoms with van der Waals surface area (Å²) in [6, 6.07) is 6.95. The fourth-order valence-corrected chi connectivity index (χ4v) is 6.48. The maximum Gasteiger partial charge on any atom is 0.505 e. The first kappa shape index (κ1) is 21.9. The van der Waals surface area contributed by atoms with E-state index in [1.807, 2.05) is 0 Å². The molecule has 3 nitrogen and oxygen atoms in total. The van der Waals surface area contributed by atoms with Gasteiger partial charge in [-0.15, -0.1) is 22.7 Å². The largest absolute Gasteiger partial charge is 0.505 e. The molecule has 0 unspecified atom stereocenters. The van der Waals surface area contributed by atoms with Crippen LogP contribution < -0.4 is 9.55 Å². The summed E-state index contributed by atoms with van der Waals surface area (Å²) in [7, 11) is 1.77. The molecule has 1 aliphatic heterocycles. The van der Waals surface area contributed by atoms with Gasteiger partial charge in [0.25, 0.3) is 0 Å². The molecule has 156 valence electrons. The Morgan fingerprint density at radius 3 is 2.30 bits per heavy atom. The van der Waals surface area contributed by atoms with Crippen LogP contribution in [0, 0.1) is 11.3 Å². The Morgan fingerprint density at radius 1 is 1.00 bits per heavy atom. The average molecular weight is 437 g/mol. The van der Waals surface area contributed by atoms with Crippen LogP contribution in [0.15, 0.2) is 12.1 Å². The van der Waals surface area contributed by atoms with E-state index in [2.05, 4.69) is 60.7 Å². The molecule has 1 aromatic carbocycles. The number of thiophene rings is 2. The lowest BCUT2D eigenvalue weighted by molar-refractivity contribution is 0.00578. The number of hydrogen-bond donors (Lipinski definition) is 0. The number of nitrogens with zero attached hydrogens (tertiary/aromatic N) is 1. The van der Waals surface area contributed by atoms with Crippen molar-refractivity contribution in [1.29, 1.82) is 5.26 Å². The number of unbranched alkanes of at least 4 members (excludes halogenated alkanes) is 3. The molecule has 0 radical (unpaired) electrons. The minimum Gasteiger partial charge on any atom is -0.399 e. The molecule has 1 aliphatic rings. The van der Waals surface area contributed by atoms with Crippen molar-refractivity contribution >= 4 is 67.4 Å². The average Bonchev–Trinajstić information content (AvgIpc) is 3.32. The zero-order valence-electron chi connectivity index (χ0n) is 18.8. The molecular formula is C23H29B2NO2S2. The van der Waals surface area contributed by atoms with Crippen molar-refractivity contribution in [3.05, 3.63) is 23.3 Å². The molecule has 0 atom stereocenters. The van der Waals surface area contributed by atoms with Gasteiger partial charge in [-0.1, -0.05) is 26.2 Å². The molecular weight excluding hydrogens is 408 g/mol. The van der Waals surface area contributed by atoms with Crippen LogP contribution in [0.5, 0.6) is 0 Å². The predicted octanol–water partition coefficient (Wildman–Crippen LogP) is 4.67. The summed E-state index contributed by atoms with van der Waals surface area (Å²) in [5, 5.41) is 12.4. The summed E-state index contributed by atoms with van der Waals surface area (Å²) in [6.07, 6.45) is 5.73. The van der Waals surface area contributed by atoms with E-state index >= 15 is 0 Å². The second-order valence-electron chi connectivity index (χ2n) is 9.36. The van der Waals surface area contributed by atoms with Gasteiger partial charge in [0.1, 0.15) is 6.07 Å². The molecule has 1 saturated heterocycles. The zero-order chi connectivity index (χ0) is 21.7. The lowest BCUT2D eigenvalue weighted by Gasteiger charge is -2.32. The Morgan fingerprint density at radius 2 is 1.67 bits per heavy atom. The molecule has 0 spiro atoms. The topological polar surface area (TPSA) is 42.2 Å². The third kappa shape index (κ3) is 3.62. The number of aryl methyl sites for hydroxylation is 1. The summed E-state index contributed by atoms with van der Waals surface area (Å²) in [5.74, 6) is 0. The molecule has 1 fully saturated rings. The molecule has 4 rings (SSSR count). The van der Waals surface area contributed by atoms with Crippen LogP contribution in [0.4, 0.5) is 0 Å². The van der Waals surface area contributed by atoms with Crippen LogP contribution >= 0.6 is 22.7 Å². The van der Waals surface area contributed by atoms with Gasteiger partial charge in [0.15, 0.2) is 7.85 Å². The summed E-state index contributed by atoms with van der Waals surface area (Å²) in [6.45, 7) is 10.6. The highest BCUT2D eigenvalue weighted by Gasteiger charge is 2.52. The minimum absolute atomic E-state index is 0.358. The van der Waals surface area contributed by atoms with Gasteiger partial charge in [-0.05, 0) is 68.4 Å². The van der Waals surface area contributed by atoms with Crippen molar-refractivity contribution in [2.75, 3.05) is 0 Å². The molecule has 0 N–H and O–H groups in total. The zero-order valence-corrected chi connectivity index (χ0v) is 20.5. The van der Waals surface area contributed by atoms with Gasteiger partial charge in [0.05, 0.1) is 26.2 Å². The SMILES string of the molecule is Bc1cc2c(C#N)c(CCCCCC)c3cc(B4OC(C)(C)C(C)(C)O4)sc3c2s1. The van der Waals surface area contributed by atoms with E-state index in [1.54, 1.807) is 22.7 Å². The van der Waals surface area contributed by atoms with Crippen LogP contribution in [0.2, 0.25) is 0 Å². The van der Waals surface area contributed by atoms with Crippen molar-refractivity contribution in [3.8, 4) is 6.07 Å². The summed E-state index contributed by atoms with van der Waals surface area (Å²) in [5.41, 5.74) is 1.34. The number of benzene rings is 1. The fraction of sp³-hybridized carbons (Fsp3) is 0.522. The first-order valence-electron chi connectivity index (χ1n) is 10.9. The third-order valence-corrected chi connectivity index (χ3v) is 8.96. The minimum atomic E-state index is -0.359. The van der Waals surface area contributed by atoms with Gasteiger partial charge >= 0.3 is 7.12 Å². The monoisotopic (exact) mass is 437 g/mol. The molecule has 7 heteroatoms. The van der Waals surface area contributed by atoms with Crippen molar-refractivity contribution in [2.24, 2.45) is 0 Å². The van der Waals surface area contributed by atoms with Crippen LogP contribution in [0.25, 0.3) is 20.2 Å². The molecule has 0 amide bonds. The first-order valence-corrected chi connectivity index (χ1v) is 12.6. The number of nitriles is 1. The molecule has 0 bridgehead atoms.